The minimum Gasteiger partial charge on any atom is -0.396 e. The van der Waals surface area contributed by atoms with Crippen molar-refractivity contribution >= 4 is 0 Å². The predicted molar refractivity (Wildman–Crippen MR) is 65.0 cm³/mol. The van der Waals surface area contributed by atoms with Crippen molar-refractivity contribution in [1.82, 2.24) is 5.32 Å². The van der Waals surface area contributed by atoms with Crippen LogP contribution in [0.5, 0.6) is 0 Å². The molecule has 1 aliphatic rings. The van der Waals surface area contributed by atoms with E-state index in [9.17, 15) is 0 Å². The highest BCUT2D eigenvalue weighted by molar-refractivity contribution is 4.78. The van der Waals surface area contributed by atoms with E-state index in [1.165, 1.54) is 44.9 Å². The highest BCUT2D eigenvalue weighted by Crippen LogP contribution is 2.28. The average molecular weight is 213 g/mol. The van der Waals surface area contributed by atoms with E-state index in [4.69, 9.17) is 5.11 Å². The lowest BCUT2D eigenvalue weighted by Crippen LogP contribution is -2.38. The molecule has 0 aromatic carbocycles. The molecule has 0 amide bonds. The van der Waals surface area contributed by atoms with Crippen LogP contribution in [0.2, 0.25) is 0 Å². The molecule has 0 radical (unpaired) electrons. The van der Waals surface area contributed by atoms with Gasteiger partial charge in [0.15, 0.2) is 0 Å². The third-order valence-electron chi connectivity index (χ3n) is 3.56. The van der Waals surface area contributed by atoms with Crippen molar-refractivity contribution in [2.45, 2.75) is 64.3 Å². The van der Waals surface area contributed by atoms with Crippen molar-refractivity contribution in [2.75, 3.05) is 13.2 Å². The molecular formula is C13H27NO. The van der Waals surface area contributed by atoms with Gasteiger partial charge in [0, 0.05) is 12.6 Å². The second-order valence-corrected chi connectivity index (χ2v) is 4.82. The number of hydrogen-bond donors (Lipinski definition) is 2. The first kappa shape index (κ1) is 13.0. The van der Waals surface area contributed by atoms with E-state index in [-0.39, 0.29) is 0 Å². The minimum atomic E-state index is 0.316. The Hall–Kier alpha value is -0.0800. The van der Waals surface area contributed by atoms with Gasteiger partial charge >= 0.3 is 0 Å². The Kier molecular flexibility index (Phi) is 7.03. The van der Waals surface area contributed by atoms with Crippen molar-refractivity contribution in [3.63, 3.8) is 0 Å². The molecule has 2 N–H and O–H groups in total. The number of rotatable bonds is 7. The van der Waals surface area contributed by atoms with Gasteiger partial charge in [0.1, 0.15) is 0 Å². The largest absolute Gasteiger partial charge is 0.396 e. The standard InChI is InChI=1S/C13H27NO/c1-2-7-13(14-10-6-11-15)12-8-4-3-5-9-12/h12-15H,2-11H2,1H3. The van der Waals surface area contributed by atoms with Gasteiger partial charge in [-0.1, -0.05) is 32.6 Å². The maximum Gasteiger partial charge on any atom is 0.0443 e. The third-order valence-corrected chi connectivity index (χ3v) is 3.56. The Morgan fingerprint density at radius 3 is 2.60 bits per heavy atom. The fourth-order valence-electron chi connectivity index (χ4n) is 2.72. The maximum absolute atomic E-state index is 8.78. The molecule has 1 rings (SSSR count). The van der Waals surface area contributed by atoms with Gasteiger partial charge in [-0.15, -0.1) is 0 Å². The van der Waals surface area contributed by atoms with Crippen LogP contribution in [0.3, 0.4) is 0 Å². The first-order valence-corrected chi connectivity index (χ1v) is 6.72. The van der Waals surface area contributed by atoms with E-state index in [2.05, 4.69) is 12.2 Å². The lowest BCUT2D eigenvalue weighted by Gasteiger charge is -2.31. The summed E-state index contributed by atoms with van der Waals surface area (Å²) in [6, 6.07) is 0.710. The Balaban J connectivity index is 2.26. The lowest BCUT2D eigenvalue weighted by molar-refractivity contribution is 0.242. The van der Waals surface area contributed by atoms with Gasteiger partial charge in [-0.25, -0.2) is 0 Å². The molecule has 15 heavy (non-hydrogen) atoms. The summed E-state index contributed by atoms with van der Waals surface area (Å²) in [5.41, 5.74) is 0. The summed E-state index contributed by atoms with van der Waals surface area (Å²) in [5, 5.41) is 12.4. The fraction of sp³-hybridized carbons (Fsp3) is 1.00. The van der Waals surface area contributed by atoms with Gasteiger partial charge in [-0.3, -0.25) is 0 Å². The van der Waals surface area contributed by atoms with Crippen LogP contribution >= 0.6 is 0 Å². The van der Waals surface area contributed by atoms with Crippen molar-refractivity contribution in [3.05, 3.63) is 0 Å². The zero-order chi connectivity index (χ0) is 10.9. The molecular weight excluding hydrogens is 186 g/mol. The highest BCUT2D eigenvalue weighted by Gasteiger charge is 2.21. The molecule has 2 nitrogen and oxygen atoms in total. The molecule has 0 aliphatic heterocycles. The van der Waals surface area contributed by atoms with Crippen LogP contribution in [0.1, 0.15) is 58.3 Å². The van der Waals surface area contributed by atoms with Crippen LogP contribution in [0.15, 0.2) is 0 Å². The first-order valence-electron chi connectivity index (χ1n) is 6.72. The molecule has 0 spiro atoms. The Bertz CT molecular complexity index is 143. The molecule has 1 unspecified atom stereocenters. The quantitative estimate of drug-likeness (QED) is 0.637. The monoisotopic (exact) mass is 213 g/mol. The summed E-state index contributed by atoms with van der Waals surface area (Å²) in [5.74, 6) is 0.900. The van der Waals surface area contributed by atoms with Gasteiger partial charge in [0.25, 0.3) is 0 Å². The van der Waals surface area contributed by atoms with Crippen LogP contribution in [-0.4, -0.2) is 24.3 Å². The molecule has 0 heterocycles. The summed E-state index contributed by atoms with van der Waals surface area (Å²) in [6.07, 6.45) is 10.6. The summed E-state index contributed by atoms with van der Waals surface area (Å²) >= 11 is 0. The molecule has 0 saturated heterocycles. The van der Waals surface area contributed by atoms with Gasteiger partial charge in [-0.2, -0.15) is 0 Å². The lowest BCUT2D eigenvalue weighted by atomic mass is 9.82. The van der Waals surface area contributed by atoms with Crippen LogP contribution in [-0.2, 0) is 0 Å². The van der Waals surface area contributed by atoms with E-state index in [1.807, 2.05) is 0 Å². The maximum atomic E-state index is 8.78. The summed E-state index contributed by atoms with van der Waals surface area (Å²) in [4.78, 5) is 0. The van der Waals surface area contributed by atoms with Gasteiger partial charge in [0.05, 0.1) is 0 Å². The van der Waals surface area contributed by atoms with Crippen LogP contribution in [0.4, 0.5) is 0 Å². The van der Waals surface area contributed by atoms with Crippen molar-refractivity contribution in [3.8, 4) is 0 Å². The van der Waals surface area contributed by atoms with Crippen molar-refractivity contribution in [2.24, 2.45) is 5.92 Å². The first-order chi connectivity index (χ1) is 7.38. The second kappa shape index (κ2) is 8.12. The number of aliphatic hydroxyl groups is 1. The molecule has 1 atom stereocenters. The van der Waals surface area contributed by atoms with Crippen LogP contribution in [0.25, 0.3) is 0 Å². The molecule has 0 aromatic heterocycles. The average Bonchev–Trinajstić information content (AvgIpc) is 2.29. The third kappa shape index (κ3) is 4.98. The summed E-state index contributed by atoms with van der Waals surface area (Å²) in [7, 11) is 0. The molecule has 2 heteroatoms. The second-order valence-electron chi connectivity index (χ2n) is 4.82. The van der Waals surface area contributed by atoms with Gasteiger partial charge in [0.2, 0.25) is 0 Å². The number of aliphatic hydroxyl groups excluding tert-OH is 1. The van der Waals surface area contributed by atoms with E-state index in [0.29, 0.717) is 12.6 Å². The van der Waals surface area contributed by atoms with Crippen LogP contribution in [0, 0.1) is 5.92 Å². The smallest absolute Gasteiger partial charge is 0.0443 e. The van der Waals surface area contributed by atoms with E-state index >= 15 is 0 Å². The van der Waals surface area contributed by atoms with Crippen LogP contribution < -0.4 is 5.32 Å². The number of nitrogens with one attached hydrogen (secondary N) is 1. The molecule has 0 bridgehead atoms. The molecule has 90 valence electrons. The Labute approximate surface area is 94.5 Å². The Morgan fingerprint density at radius 1 is 1.27 bits per heavy atom. The topological polar surface area (TPSA) is 32.3 Å². The van der Waals surface area contributed by atoms with Crippen molar-refractivity contribution in [1.29, 1.82) is 0 Å². The zero-order valence-electron chi connectivity index (χ0n) is 10.2. The minimum absolute atomic E-state index is 0.316. The van der Waals surface area contributed by atoms with E-state index in [1.54, 1.807) is 0 Å². The molecule has 0 aromatic rings. The SMILES string of the molecule is CCCC(NCCCO)C1CCCCC1. The van der Waals surface area contributed by atoms with E-state index < -0.39 is 0 Å². The molecule has 1 saturated carbocycles. The summed E-state index contributed by atoms with van der Waals surface area (Å²) in [6.45, 7) is 3.57. The molecule has 1 aliphatic carbocycles. The highest BCUT2D eigenvalue weighted by atomic mass is 16.3. The predicted octanol–water partition coefficient (Wildman–Crippen LogP) is 2.71. The molecule has 1 fully saturated rings. The van der Waals surface area contributed by atoms with Crippen molar-refractivity contribution < 1.29 is 5.11 Å². The van der Waals surface area contributed by atoms with Gasteiger partial charge < -0.3 is 10.4 Å². The normalized spacial score (nSPS) is 20.4. The number of hydrogen-bond acceptors (Lipinski definition) is 2. The Morgan fingerprint density at radius 2 is 2.00 bits per heavy atom. The van der Waals surface area contributed by atoms with Gasteiger partial charge in [-0.05, 0) is 38.1 Å². The fourth-order valence-corrected chi connectivity index (χ4v) is 2.72. The van der Waals surface area contributed by atoms with E-state index in [0.717, 1.165) is 18.9 Å². The summed E-state index contributed by atoms with van der Waals surface area (Å²) < 4.78 is 0. The zero-order valence-corrected chi connectivity index (χ0v) is 10.2.